The molecule has 0 aliphatic carbocycles. The minimum Gasteiger partial charge on any atom is -0.497 e. The molecule has 0 aliphatic heterocycles. The third-order valence-corrected chi connectivity index (χ3v) is 4.65. The first kappa shape index (κ1) is 21.1. The number of carbonyl (C=O) groups excluding carboxylic acids is 1. The molecule has 0 atom stereocenters. The van der Waals surface area contributed by atoms with E-state index in [-0.39, 0.29) is 28.8 Å². The topological polar surface area (TPSA) is 84.7 Å². The largest absolute Gasteiger partial charge is 0.497 e. The third-order valence-electron chi connectivity index (χ3n) is 4.42. The minimum atomic E-state index is -0.577. The van der Waals surface area contributed by atoms with Gasteiger partial charge < -0.3 is 15.0 Å². The maximum Gasteiger partial charge on any atom is 0.294 e. The Bertz CT molecular complexity index is 1030. The molecule has 0 saturated heterocycles. The first-order valence-electron chi connectivity index (χ1n) is 9.13. The Morgan fingerprint density at radius 3 is 2.43 bits per heavy atom. The zero-order valence-electron chi connectivity index (χ0n) is 16.2. The van der Waals surface area contributed by atoms with Gasteiger partial charge in [0.25, 0.3) is 5.69 Å². The van der Waals surface area contributed by atoms with Crippen LogP contribution in [-0.2, 0) is 11.3 Å². The van der Waals surface area contributed by atoms with E-state index >= 15 is 0 Å². The van der Waals surface area contributed by atoms with Gasteiger partial charge in [-0.25, -0.2) is 0 Å². The molecule has 0 radical (unpaired) electrons. The van der Waals surface area contributed by atoms with Gasteiger partial charge in [-0.05, 0) is 42.0 Å². The van der Waals surface area contributed by atoms with Crippen LogP contribution in [0, 0.1) is 10.1 Å². The highest BCUT2D eigenvalue weighted by molar-refractivity contribution is 6.31. The normalized spacial score (nSPS) is 10.3. The Balaban J connectivity index is 1.81. The van der Waals surface area contributed by atoms with E-state index in [0.29, 0.717) is 12.3 Å². The number of nitro benzene ring substituents is 1. The number of anilines is 2. The molecule has 1 N–H and O–H groups in total. The number of halogens is 1. The molecule has 3 rings (SSSR count). The fraction of sp³-hybridized carbons (Fsp3) is 0.136. The second kappa shape index (κ2) is 9.76. The lowest BCUT2D eigenvalue weighted by atomic mass is 10.2. The van der Waals surface area contributed by atoms with Gasteiger partial charge in [0.2, 0.25) is 5.91 Å². The van der Waals surface area contributed by atoms with Crippen LogP contribution in [-0.4, -0.2) is 24.5 Å². The molecule has 0 heterocycles. The van der Waals surface area contributed by atoms with Crippen LogP contribution < -0.4 is 15.0 Å². The molecule has 30 heavy (non-hydrogen) atoms. The van der Waals surface area contributed by atoms with Gasteiger partial charge in [-0.3, -0.25) is 14.9 Å². The quantitative estimate of drug-likeness (QED) is 0.409. The van der Waals surface area contributed by atoms with Gasteiger partial charge in [-0.2, -0.15) is 0 Å². The first-order chi connectivity index (χ1) is 14.5. The number of rotatable bonds is 8. The maximum atomic E-state index is 12.7. The van der Waals surface area contributed by atoms with Crippen molar-refractivity contribution < 1.29 is 14.5 Å². The summed E-state index contributed by atoms with van der Waals surface area (Å²) < 4.78 is 5.20. The summed E-state index contributed by atoms with van der Waals surface area (Å²) in [5.74, 6) is 0.326. The van der Waals surface area contributed by atoms with E-state index in [1.54, 1.807) is 7.11 Å². The van der Waals surface area contributed by atoms with Gasteiger partial charge in [0.05, 0.1) is 18.6 Å². The SMILES string of the molecule is COc1ccc(N(CC(=O)Nc2ccc(Cl)cc2[N+](=O)[O-])Cc2ccccc2)cc1. The number of carbonyl (C=O) groups is 1. The van der Waals surface area contributed by atoms with Crippen LogP contribution in [0.25, 0.3) is 0 Å². The third kappa shape index (κ3) is 5.48. The Labute approximate surface area is 179 Å². The van der Waals surface area contributed by atoms with E-state index in [4.69, 9.17) is 16.3 Å². The summed E-state index contributed by atoms with van der Waals surface area (Å²) in [6.07, 6.45) is 0. The Kier molecular flexibility index (Phi) is 6.87. The summed E-state index contributed by atoms with van der Waals surface area (Å²) in [5.41, 5.74) is 1.69. The van der Waals surface area contributed by atoms with Gasteiger partial charge in [0.15, 0.2) is 0 Å². The molecule has 0 fully saturated rings. The number of hydrogen-bond acceptors (Lipinski definition) is 5. The van der Waals surface area contributed by atoms with Crippen molar-refractivity contribution in [2.75, 3.05) is 23.9 Å². The highest BCUT2D eigenvalue weighted by Gasteiger charge is 2.19. The lowest BCUT2D eigenvalue weighted by molar-refractivity contribution is -0.383. The molecule has 0 saturated carbocycles. The Morgan fingerprint density at radius 2 is 1.80 bits per heavy atom. The molecule has 8 heteroatoms. The van der Waals surface area contributed by atoms with E-state index in [0.717, 1.165) is 11.3 Å². The van der Waals surface area contributed by atoms with E-state index in [2.05, 4.69) is 5.32 Å². The van der Waals surface area contributed by atoms with E-state index < -0.39 is 4.92 Å². The first-order valence-corrected chi connectivity index (χ1v) is 9.51. The summed E-state index contributed by atoms with van der Waals surface area (Å²) >= 11 is 5.84. The minimum absolute atomic E-state index is 0.000996. The molecule has 0 spiro atoms. The Morgan fingerprint density at radius 1 is 1.10 bits per heavy atom. The average molecular weight is 426 g/mol. The molecule has 0 aliphatic rings. The summed E-state index contributed by atoms with van der Waals surface area (Å²) in [7, 11) is 1.59. The maximum absolute atomic E-state index is 12.7. The monoisotopic (exact) mass is 425 g/mol. The van der Waals surface area contributed by atoms with Crippen LogP contribution in [0.3, 0.4) is 0 Å². The number of amides is 1. The van der Waals surface area contributed by atoms with Crippen LogP contribution in [0.4, 0.5) is 17.1 Å². The fourth-order valence-corrected chi connectivity index (χ4v) is 3.13. The molecular weight excluding hydrogens is 406 g/mol. The standard InChI is InChI=1S/C22H20ClN3O4/c1-30-19-10-8-18(9-11-19)25(14-16-5-3-2-4-6-16)15-22(27)24-20-12-7-17(23)13-21(20)26(28)29/h2-13H,14-15H2,1H3,(H,24,27). The number of nitrogens with one attached hydrogen (secondary N) is 1. The predicted molar refractivity (Wildman–Crippen MR) is 117 cm³/mol. The van der Waals surface area contributed by atoms with Crippen LogP contribution in [0.1, 0.15) is 5.56 Å². The van der Waals surface area contributed by atoms with Crippen LogP contribution in [0.2, 0.25) is 5.02 Å². The number of nitro groups is 1. The highest BCUT2D eigenvalue weighted by atomic mass is 35.5. The summed E-state index contributed by atoms with van der Waals surface area (Å²) in [4.78, 5) is 25.3. The van der Waals surface area contributed by atoms with E-state index in [1.807, 2.05) is 59.5 Å². The van der Waals surface area contributed by atoms with Crippen molar-refractivity contribution in [3.8, 4) is 5.75 Å². The van der Waals surface area contributed by atoms with Crippen LogP contribution in [0.5, 0.6) is 5.75 Å². The summed E-state index contributed by atoms with van der Waals surface area (Å²) in [6.45, 7) is 0.490. The molecular formula is C22H20ClN3O4. The van der Waals surface area contributed by atoms with Crippen molar-refractivity contribution in [2.24, 2.45) is 0 Å². The zero-order valence-corrected chi connectivity index (χ0v) is 17.0. The lowest BCUT2D eigenvalue weighted by Gasteiger charge is -2.24. The highest BCUT2D eigenvalue weighted by Crippen LogP contribution is 2.28. The van der Waals surface area contributed by atoms with Crippen molar-refractivity contribution in [3.05, 3.63) is 93.5 Å². The van der Waals surface area contributed by atoms with Gasteiger partial charge in [-0.15, -0.1) is 0 Å². The molecule has 3 aromatic carbocycles. The van der Waals surface area contributed by atoms with Crippen molar-refractivity contribution in [3.63, 3.8) is 0 Å². The predicted octanol–water partition coefficient (Wildman–Crippen LogP) is 4.90. The van der Waals surface area contributed by atoms with Crippen LogP contribution >= 0.6 is 11.6 Å². The molecule has 7 nitrogen and oxygen atoms in total. The van der Waals surface area contributed by atoms with Crippen molar-refractivity contribution in [1.82, 2.24) is 0 Å². The number of hydrogen-bond donors (Lipinski definition) is 1. The van der Waals surface area contributed by atoms with Crippen molar-refractivity contribution in [2.45, 2.75) is 6.54 Å². The van der Waals surface area contributed by atoms with Gasteiger partial charge in [-0.1, -0.05) is 41.9 Å². The second-order valence-corrected chi connectivity index (χ2v) is 6.94. The Hall–Kier alpha value is -3.58. The molecule has 0 aromatic heterocycles. The second-order valence-electron chi connectivity index (χ2n) is 6.51. The molecule has 154 valence electrons. The zero-order chi connectivity index (χ0) is 21.5. The molecule has 0 unspecified atom stereocenters. The summed E-state index contributed by atoms with van der Waals surface area (Å²) in [6, 6.07) is 21.2. The average Bonchev–Trinajstić information content (AvgIpc) is 2.75. The smallest absolute Gasteiger partial charge is 0.294 e. The number of methoxy groups -OCH3 is 1. The number of benzene rings is 3. The molecule has 1 amide bonds. The number of ether oxygens (including phenoxy) is 1. The lowest BCUT2D eigenvalue weighted by Crippen LogP contribution is -2.33. The van der Waals surface area contributed by atoms with Crippen LogP contribution in [0.15, 0.2) is 72.8 Å². The van der Waals surface area contributed by atoms with Gasteiger partial charge in [0, 0.05) is 23.3 Å². The van der Waals surface area contributed by atoms with Crippen molar-refractivity contribution >= 4 is 34.6 Å². The number of nitrogens with zero attached hydrogens (tertiary/aromatic N) is 2. The molecule has 3 aromatic rings. The fourth-order valence-electron chi connectivity index (χ4n) is 2.96. The summed E-state index contributed by atoms with van der Waals surface area (Å²) in [5, 5.41) is 14.1. The van der Waals surface area contributed by atoms with E-state index in [1.165, 1.54) is 18.2 Å². The van der Waals surface area contributed by atoms with Gasteiger partial charge >= 0.3 is 0 Å². The molecule has 0 bridgehead atoms. The van der Waals surface area contributed by atoms with Gasteiger partial charge in [0.1, 0.15) is 11.4 Å². The van der Waals surface area contributed by atoms with Crippen molar-refractivity contribution in [1.29, 1.82) is 0 Å². The van der Waals surface area contributed by atoms with E-state index in [9.17, 15) is 14.9 Å².